The first-order valence-electron chi connectivity index (χ1n) is 8.99. The highest BCUT2D eigenvalue weighted by atomic mass is 79.9. The summed E-state index contributed by atoms with van der Waals surface area (Å²) in [5.41, 5.74) is 5.40. The van der Waals surface area contributed by atoms with Crippen LogP contribution in [0.15, 0.2) is 44.3 Å². The number of carbonyl (C=O) groups is 1. The van der Waals surface area contributed by atoms with Crippen molar-refractivity contribution < 1.29 is 31.1 Å². The molecule has 1 aromatic rings. The summed E-state index contributed by atoms with van der Waals surface area (Å²) in [5.74, 6) is -0.530. The molecule has 3 N–H and O–H groups in total. The fourth-order valence-corrected chi connectivity index (χ4v) is 4.95. The third kappa shape index (κ3) is 6.29. The van der Waals surface area contributed by atoms with Gasteiger partial charge < -0.3 is 10.5 Å². The Kier molecular flexibility index (Phi) is 8.06. The molecule has 1 aliphatic carbocycles. The second kappa shape index (κ2) is 9.92. The minimum atomic E-state index is -4.70. The van der Waals surface area contributed by atoms with Crippen LogP contribution in [0.1, 0.15) is 31.7 Å². The second-order valence-corrected chi connectivity index (χ2v) is 9.06. The molecule has 0 unspecified atom stereocenters. The van der Waals surface area contributed by atoms with Crippen molar-refractivity contribution in [3.8, 4) is 0 Å². The SMILES string of the molecule is CCOC(=O)CN=C1CCC[C@@H](NS(=O)(=O)c2cc(Br)cc(C(F)(F)F)c2)C1=CN. The van der Waals surface area contributed by atoms with Crippen LogP contribution in [0.3, 0.4) is 0 Å². The zero-order chi connectivity index (χ0) is 22.5. The van der Waals surface area contributed by atoms with Crippen molar-refractivity contribution in [2.45, 2.75) is 43.3 Å². The number of carbonyl (C=O) groups excluding carboxylic acids is 1. The van der Waals surface area contributed by atoms with E-state index in [2.05, 4.69) is 25.6 Å². The number of rotatable bonds is 6. The van der Waals surface area contributed by atoms with Crippen LogP contribution in [0.2, 0.25) is 0 Å². The first-order chi connectivity index (χ1) is 14.0. The molecule has 12 heteroatoms. The summed E-state index contributed by atoms with van der Waals surface area (Å²) >= 11 is 2.92. The van der Waals surface area contributed by atoms with Crippen LogP contribution >= 0.6 is 15.9 Å². The van der Waals surface area contributed by atoms with Gasteiger partial charge in [-0.15, -0.1) is 0 Å². The Balaban J connectivity index is 2.28. The van der Waals surface area contributed by atoms with Gasteiger partial charge in [-0.2, -0.15) is 13.2 Å². The first kappa shape index (κ1) is 24.4. The van der Waals surface area contributed by atoms with Crippen molar-refractivity contribution in [2.75, 3.05) is 13.2 Å². The summed E-state index contributed by atoms with van der Waals surface area (Å²) in [6.07, 6.45) is -2.10. The van der Waals surface area contributed by atoms with E-state index in [1.54, 1.807) is 6.92 Å². The number of sulfonamides is 1. The Labute approximate surface area is 180 Å². The molecule has 0 heterocycles. The fraction of sp³-hybridized carbons (Fsp3) is 0.444. The highest BCUT2D eigenvalue weighted by Crippen LogP contribution is 2.33. The number of nitrogens with two attached hydrogens (primary N) is 1. The van der Waals surface area contributed by atoms with Gasteiger partial charge in [-0.25, -0.2) is 13.1 Å². The van der Waals surface area contributed by atoms with Gasteiger partial charge in [0.15, 0.2) is 0 Å². The van der Waals surface area contributed by atoms with E-state index in [-0.39, 0.29) is 17.6 Å². The molecular weight excluding hydrogens is 491 g/mol. The third-order valence-electron chi connectivity index (χ3n) is 4.31. The van der Waals surface area contributed by atoms with Gasteiger partial charge >= 0.3 is 12.1 Å². The Morgan fingerprint density at radius 3 is 2.70 bits per heavy atom. The van der Waals surface area contributed by atoms with Gasteiger partial charge in [0, 0.05) is 22.0 Å². The number of nitrogens with zero attached hydrogens (tertiary/aromatic N) is 1. The molecule has 0 bridgehead atoms. The van der Waals surface area contributed by atoms with Gasteiger partial charge in [0.2, 0.25) is 10.0 Å². The smallest absolute Gasteiger partial charge is 0.416 e. The highest BCUT2D eigenvalue weighted by Gasteiger charge is 2.34. The molecule has 0 radical (unpaired) electrons. The summed E-state index contributed by atoms with van der Waals surface area (Å²) in [6, 6.07) is 1.66. The number of aliphatic imine (C=N–C) groups is 1. The average Bonchev–Trinajstić information content (AvgIpc) is 2.65. The molecule has 0 aromatic heterocycles. The van der Waals surface area contributed by atoms with Crippen molar-refractivity contribution in [2.24, 2.45) is 10.7 Å². The Morgan fingerprint density at radius 1 is 1.40 bits per heavy atom. The Bertz CT molecular complexity index is 962. The normalized spacial score (nSPS) is 20.5. The van der Waals surface area contributed by atoms with Gasteiger partial charge in [-0.1, -0.05) is 15.9 Å². The van der Waals surface area contributed by atoms with Crippen LogP contribution in [-0.4, -0.2) is 39.3 Å². The number of benzene rings is 1. The molecule has 2 rings (SSSR count). The fourth-order valence-electron chi connectivity index (χ4n) is 2.98. The lowest BCUT2D eigenvalue weighted by Crippen LogP contribution is -2.41. The average molecular weight is 512 g/mol. The lowest BCUT2D eigenvalue weighted by molar-refractivity contribution is -0.141. The predicted molar refractivity (Wildman–Crippen MR) is 108 cm³/mol. The van der Waals surface area contributed by atoms with Gasteiger partial charge in [-0.3, -0.25) is 9.79 Å². The number of hydrogen-bond donors (Lipinski definition) is 2. The van der Waals surface area contributed by atoms with Crippen molar-refractivity contribution in [1.82, 2.24) is 4.72 Å². The number of ether oxygens (including phenoxy) is 1. The molecule has 166 valence electrons. The monoisotopic (exact) mass is 511 g/mol. The molecule has 0 saturated heterocycles. The minimum Gasteiger partial charge on any atom is -0.465 e. The van der Waals surface area contributed by atoms with Crippen molar-refractivity contribution in [3.63, 3.8) is 0 Å². The standard InChI is InChI=1S/C18H21BrF3N3O4S/c1-2-29-17(26)10-24-15-4-3-5-16(14(15)9-23)25-30(27,28)13-7-11(18(20,21)22)6-12(19)8-13/h6-9,16,25H,2-5,10,23H2,1H3/t16-/m1/s1. The van der Waals surface area contributed by atoms with Crippen LogP contribution in [0.4, 0.5) is 13.2 Å². The number of nitrogens with one attached hydrogen (secondary N) is 1. The van der Waals surface area contributed by atoms with Crippen molar-refractivity contribution in [1.29, 1.82) is 0 Å². The maximum atomic E-state index is 13.1. The molecule has 1 atom stereocenters. The molecule has 30 heavy (non-hydrogen) atoms. The van der Waals surface area contributed by atoms with Crippen LogP contribution in [0, 0.1) is 0 Å². The minimum absolute atomic E-state index is 0.0207. The maximum absolute atomic E-state index is 13.1. The van der Waals surface area contributed by atoms with E-state index in [1.165, 1.54) is 6.20 Å². The summed E-state index contributed by atoms with van der Waals surface area (Å²) in [4.78, 5) is 15.2. The molecule has 0 amide bonds. The number of hydrogen-bond acceptors (Lipinski definition) is 6. The van der Waals surface area contributed by atoms with Crippen LogP contribution in [0.25, 0.3) is 0 Å². The van der Waals surface area contributed by atoms with E-state index in [0.717, 1.165) is 12.1 Å². The van der Waals surface area contributed by atoms with Gasteiger partial charge in [0.25, 0.3) is 0 Å². The van der Waals surface area contributed by atoms with E-state index >= 15 is 0 Å². The first-order valence-corrected chi connectivity index (χ1v) is 11.3. The zero-order valence-electron chi connectivity index (χ0n) is 16.0. The lowest BCUT2D eigenvalue weighted by Gasteiger charge is -2.27. The molecule has 0 aliphatic heterocycles. The lowest BCUT2D eigenvalue weighted by atomic mass is 9.89. The van der Waals surface area contributed by atoms with E-state index in [0.29, 0.717) is 36.6 Å². The Hall–Kier alpha value is -1.92. The van der Waals surface area contributed by atoms with Crippen LogP contribution < -0.4 is 10.5 Å². The maximum Gasteiger partial charge on any atom is 0.416 e. The Morgan fingerprint density at radius 2 is 2.10 bits per heavy atom. The summed E-state index contributed by atoms with van der Waals surface area (Å²) in [5, 5.41) is 0. The predicted octanol–water partition coefficient (Wildman–Crippen LogP) is 3.15. The molecular formula is C18H21BrF3N3O4S. The molecule has 0 spiro atoms. The van der Waals surface area contributed by atoms with Crippen molar-refractivity contribution in [3.05, 3.63) is 40.0 Å². The summed E-state index contributed by atoms with van der Waals surface area (Å²) in [7, 11) is -4.29. The summed E-state index contributed by atoms with van der Waals surface area (Å²) < 4.78 is 71.9. The molecule has 1 aromatic carbocycles. The third-order valence-corrected chi connectivity index (χ3v) is 6.21. The number of esters is 1. The largest absolute Gasteiger partial charge is 0.465 e. The second-order valence-electron chi connectivity index (χ2n) is 6.43. The number of alkyl halides is 3. The van der Waals surface area contributed by atoms with Crippen LogP contribution in [-0.2, 0) is 25.7 Å². The van der Waals surface area contributed by atoms with Gasteiger partial charge in [0.1, 0.15) is 6.54 Å². The van der Waals surface area contributed by atoms with E-state index in [1.807, 2.05) is 0 Å². The zero-order valence-corrected chi connectivity index (χ0v) is 18.4. The molecule has 1 fully saturated rings. The molecule has 7 nitrogen and oxygen atoms in total. The van der Waals surface area contributed by atoms with Crippen molar-refractivity contribution >= 4 is 37.6 Å². The quantitative estimate of drug-likeness (QED) is 0.570. The summed E-state index contributed by atoms with van der Waals surface area (Å²) in [6.45, 7) is 1.63. The van der Waals surface area contributed by atoms with E-state index in [9.17, 15) is 26.4 Å². The number of halogens is 4. The highest BCUT2D eigenvalue weighted by molar-refractivity contribution is 9.10. The molecule has 1 aliphatic rings. The topological polar surface area (TPSA) is 111 Å². The molecule has 1 saturated carbocycles. The van der Waals surface area contributed by atoms with Crippen LogP contribution in [0.5, 0.6) is 0 Å². The van der Waals surface area contributed by atoms with Gasteiger partial charge in [0.05, 0.1) is 23.1 Å². The van der Waals surface area contributed by atoms with E-state index in [4.69, 9.17) is 10.5 Å². The van der Waals surface area contributed by atoms with Gasteiger partial charge in [-0.05, 0) is 44.4 Å². The van der Waals surface area contributed by atoms with E-state index < -0.39 is 38.7 Å².